The second kappa shape index (κ2) is 6.79. The molecule has 3 nitrogen and oxygen atoms in total. The van der Waals surface area contributed by atoms with Gasteiger partial charge in [0.15, 0.2) is 0 Å². The molecule has 2 rings (SSSR count). The number of hydrogen-bond acceptors (Lipinski definition) is 2. The van der Waals surface area contributed by atoms with Gasteiger partial charge in [-0.05, 0) is 50.3 Å². The molecule has 0 aromatic heterocycles. The molecule has 1 aliphatic carbocycles. The van der Waals surface area contributed by atoms with Crippen LogP contribution >= 0.6 is 23.2 Å². The Morgan fingerprint density at radius 1 is 1.30 bits per heavy atom. The van der Waals surface area contributed by atoms with Crippen LogP contribution in [0.4, 0.5) is 0 Å². The Labute approximate surface area is 129 Å². The molecule has 1 fully saturated rings. The average Bonchev–Trinajstić information content (AvgIpc) is 2.39. The van der Waals surface area contributed by atoms with Gasteiger partial charge in [-0.3, -0.25) is 4.79 Å². The number of carbonyl (C=O) groups excluding carboxylic acids is 1. The number of nitrogens with one attached hydrogen (secondary N) is 1. The molecule has 1 aliphatic rings. The molecule has 1 aromatic rings. The molecule has 1 saturated carbocycles. The van der Waals surface area contributed by atoms with Gasteiger partial charge in [-0.2, -0.15) is 0 Å². The highest BCUT2D eigenvalue weighted by atomic mass is 35.5. The fraction of sp³-hybridized carbons (Fsp3) is 0.533. The molecule has 110 valence electrons. The molecule has 3 N–H and O–H groups in total. The van der Waals surface area contributed by atoms with Crippen molar-refractivity contribution in [1.82, 2.24) is 5.32 Å². The van der Waals surface area contributed by atoms with Crippen LogP contribution in [0.15, 0.2) is 18.2 Å². The van der Waals surface area contributed by atoms with E-state index in [2.05, 4.69) is 5.32 Å². The zero-order valence-corrected chi connectivity index (χ0v) is 13.0. The van der Waals surface area contributed by atoms with E-state index in [-0.39, 0.29) is 23.9 Å². The quantitative estimate of drug-likeness (QED) is 0.894. The normalized spacial score (nSPS) is 24.2. The van der Waals surface area contributed by atoms with E-state index < -0.39 is 0 Å². The minimum atomic E-state index is -0.122. The fourth-order valence-electron chi connectivity index (χ4n) is 2.64. The number of hydrogen-bond donors (Lipinski definition) is 2. The van der Waals surface area contributed by atoms with E-state index in [9.17, 15) is 4.79 Å². The number of halogens is 2. The van der Waals surface area contributed by atoms with Crippen LogP contribution in [0.5, 0.6) is 0 Å². The summed E-state index contributed by atoms with van der Waals surface area (Å²) in [4.78, 5) is 12.2. The van der Waals surface area contributed by atoms with Crippen molar-refractivity contribution in [3.8, 4) is 0 Å². The predicted molar refractivity (Wildman–Crippen MR) is 83.0 cm³/mol. The maximum Gasteiger partial charge on any atom is 0.223 e. The Hall–Kier alpha value is -0.770. The molecule has 0 saturated heterocycles. The van der Waals surface area contributed by atoms with Crippen molar-refractivity contribution in [2.45, 2.75) is 44.7 Å². The topological polar surface area (TPSA) is 55.1 Å². The molecule has 20 heavy (non-hydrogen) atoms. The van der Waals surface area contributed by atoms with Gasteiger partial charge >= 0.3 is 0 Å². The number of rotatable bonds is 3. The molecule has 0 bridgehead atoms. The molecule has 1 unspecified atom stereocenters. The number of benzene rings is 1. The van der Waals surface area contributed by atoms with Crippen molar-refractivity contribution in [1.29, 1.82) is 0 Å². The van der Waals surface area contributed by atoms with Gasteiger partial charge < -0.3 is 11.1 Å². The van der Waals surface area contributed by atoms with E-state index >= 15 is 0 Å². The van der Waals surface area contributed by atoms with Gasteiger partial charge in [0.2, 0.25) is 5.91 Å². The second-order valence-electron chi connectivity index (χ2n) is 5.51. The van der Waals surface area contributed by atoms with Gasteiger partial charge in [0.25, 0.3) is 0 Å². The summed E-state index contributed by atoms with van der Waals surface area (Å²) in [5.41, 5.74) is 6.75. The molecule has 0 aliphatic heterocycles. The fourth-order valence-corrected chi connectivity index (χ4v) is 3.22. The van der Waals surface area contributed by atoms with E-state index in [0.717, 1.165) is 31.2 Å². The lowest BCUT2D eigenvalue weighted by Gasteiger charge is -2.26. The minimum absolute atomic E-state index is 0.0725. The van der Waals surface area contributed by atoms with Crippen LogP contribution in [-0.2, 0) is 4.79 Å². The van der Waals surface area contributed by atoms with Gasteiger partial charge in [-0.25, -0.2) is 0 Å². The molecule has 1 aromatic carbocycles. The first-order chi connectivity index (χ1) is 9.47. The minimum Gasteiger partial charge on any atom is -0.349 e. The lowest BCUT2D eigenvalue weighted by atomic mass is 9.85. The number of carbonyl (C=O) groups is 1. The SMILES string of the molecule is CC(NC(=O)C1CCC(N)CC1)c1ccc(Cl)cc1Cl. The van der Waals surface area contributed by atoms with Crippen molar-refractivity contribution in [3.63, 3.8) is 0 Å². The van der Waals surface area contributed by atoms with E-state index in [1.165, 1.54) is 0 Å². The predicted octanol–water partition coefficient (Wildman–Crippen LogP) is 3.69. The van der Waals surface area contributed by atoms with Crippen LogP contribution in [0.2, 0.25) is 10.0 Å². The Morgan fingerprint density at radius 3 is 2.55 bits per heavy atom. The summed E-state index contributed by atoms with van der Waals surface area (Å²) in [7, 11) is 0. The molecule has 0 radical (unpaired) electrons. The van der Waals surface area contributed by atoms with Gasteiger partial charge in [-0.1, -0.05) is 29.3 Å². The first kappa shape index (κ1) is 15.6. The summed E-state index contributed by atoms with van der Waals surface area (Å²) in [6.45, 7) is 1.93. The summed E-state index contributed by atoms with van der Waals surface area (Å²) in [5, 5.41) is 4.21. The summed E-state index contributed by atoms with van der Waals surface area (Å²) >= 11 is 12.0. The Kier molecular flexibility index (Phi) is 5.30. The van der Waals surface area contributed by atoms with Gasteiger partial charge in [0.1, 0.15) is 0 Å². The second-order valence-corrected chi connectivity index (χ2v) is 6.35. The highest BCUT2D eigenvalue weighted by molar-refractivity contribution is 6.35. The average molecular weight is 315 g/mol. The largest absolute Gasteiger partial charge is 0.349 e. The molecule has 1 atom stereocenters. The summed E-state index contributed by atoms with van der Waals surface area (Å²) < 4.78 is 0. The standard InChI is InChI=1S/C15H20Cl2N2O/c1-9(13-7-4-11(16)8-14(13)17)19-15(20)10-2-5-12(18)6-3-10/h4,7-10,12H,2-3,5-6,18H2,1H3,(H,19,20). The van der Waals surface area contributed by atoms with Crippen molar-refractivity contribution < 1.29 is 4.79 Å². The van der Waals surface area contributed by atoms with Crippen molar-refractivity contribution in [2.24, 2.45) is 11.7 Å². The zero-order valence-electron chi connectivity index (χ0n) is 11.5. The first-order valence-corrected chi connectivity index (χ1v) is 7.74. The van der Waals surface area contributed by atoms with Crippen LogP contribution in [0.3, 0.4) is 0 Å². The molecular formula is C15H20Cl2N2O. The lowest BCUT2D eigenvalue weighted by Crippen LogP contribution is -2.37. The van der Waals surface area contributed by atoms with E-state index in [0.29, 0.717) is 10.0 Å². The number of amides is 1. The van der Waals surface area contributed by atoms with Crippen molar-refractivity contribution >= 4 is 29.1 Å². The molecule has 0 spiro atoms. The Bertz CT molecular complexity index is 485. The number of nitrogens with two attached hydrogens (primary N) is 1. The Balaban J connectivity index is 1.96. The highest BCUT2D eigenvalue weighted by Gasteiger charge is 2.25. The van der Waals surface area contributed by atoms with Crippen LogP contribution in [-0.4, -0.2) is 11.9 Å². The van der Waals surface area contributed by atoms with Crippen LogP contribution in [0.1, 0.15) is 44.2 Å². The Morgan fingerprint density at radius 2 is 1.95 bits per heavy atom. The molecule has 1 amide bonds. The van der Waals surface area contributed by atoms with Gasteiger partial charge in [0.05, 0.1) is 6.04 Å². The van der Waals surface area contributed by atoms with Gasteiger partial charge in [-0.15, -0.1) is 0 Å². The van der Waals surface area contributed by atoms with Crippen LogP contribution in [0.25, 0.3) is 0 Å². The van der Waals surface area contributed by atoms with E-state index in [1.807, 2.05) is 13.0 Å². The lowest BCUT2D eigenvalue weighted by molar-refractivity contribution is -0.126. The van der Waals surface area contributed by atoms with E-state index in [1.54, 1.807) is 12.1 Å². The van der Waals surface area contributed by atoms with Crippen LogP contribution in [0, 0.1) is 5.92 Å². The third-order valence-corrected chi connectivity index (χ3v) is 4.49. The monoisotopic (exact) mass is 314 g/mol. The maximum absolute atomic E-state index is 12.2. The third-order valence-electron chi connectivity index (χ3n) is 3.93. The molecule has 5 heteroatoms. The third kappa shape index (κ3) is 3.87. The molecular weight excluding hydrogens is 295 g/mol. The van der Waals surface area contributed by atoms with Gasteiger partial charge in [0, 0.05) is 22.0 Å². The highest BCUT2D eigenvalue weighted by Crippen LogP contribution is 2.28. The van der Waals surface area contributed by atoms with Crippen LogP contribution < -0.4 is 11.1 Å². The van der Waals surface area contributed by atoms with E-state index in [4.69, 9.17) is 28.9 Å². The smallest absolute Gasteiger partial charge is 0.223 e. The summed E-state index contributed by atoms with van der Waals surface area (Å²) in [5.74, 6) is 0.166. The van der Waals surface area contributed by atoms with Crippen molar-refractivity contribution in [3.05, 3.63) is 33.8 Å². The zero-order chi connectivity index (χ0) is 14.7. The molecule has 0 heterocycles. The van der Waals surface area contributed by atoms with Crippen molar-refractivity contribution in [2.75, 3.05) is 0 Å². The first-order valence-electron chi connectivity index (χ1n) is 6.98. The maximum atomic E-state index is 12.2. The summed E-state index contributed by atoms with van der Waals surface area (Å²) in [6.07, 6.45) is 3.59. The summed E-state index contributed by atoms with van der Waals surface area (Å²) in [6, 6.07) is 5.46.